The second kappa shape index (κ2) is 7.58. The van der Waals surface area contributed by atoms with E-state index in [0.29, 0.717) is 6.04 Å². The number of hydrogen-bond donors (Lipinski definition) is 1. The maximum Gasteiger partial charge on any atom is 0.0264 e. The molecule has 3 aliphatic heterocycles. The molecule has 0 aromatic carbocycles. The van der Waals surface area contributed by atoms with Crippen LogP contribution in [0.4, 0.5) is 0 Å². The number of nitrogens with two attached hydrogens (primary N) is 1. The van der Waals surface area contributed by atoms with Gasteiger partial charge in [-0.25, -0.2) is 0 Å². The highest BCUT2D eigenvalue weighted by molar-refractivity contribution is 4.98. The predicted octanol–water partition coefficient (Wildman–Crippen LogP) is -0.0228. The van der Waals surface area contributed by atoms with Crippen LogP contribution in [0.15, 0.2) is 0 Å². The fraction of sp³-hybridized carbons (Fsp3) is 1.00. The number of rotatable bonds is 6. The summed E-state index contributed by atoms with van der Waals surface area (Å²) in [5.41, 5.74) is 5.66. The van der Waals surface area contributed by atoms with E-state index in [4.69, 9.17) is 5.73 Å². The van der Waals surface area contributed by atoms with Gasteiger partial charge in [0.05, 0.1) is 0 Å². The summed E-state index contributed by atoms with van der Waals surface area (Å²) in [4.78, 5) is 10.6. The van der Waals surface area contributed by atoms with Crippen molar-refractivity contribution in [2.45, 2.75) is 32.4 Å². The van der Waals surface area contributed by atoms with Crippen molar-refractivity contribution in [3.05, 3.63) is 0 Å². The van der Waals surface area contributed by atoms with Crippen LogP contribution in [-0.4, -0.2) is 104 Å². The van der Waals surface area contributed by atoms with Gasteiger partial charge in [0.2, 0.25) is 0 Å². The van der Waals surface area contributed by atoms with E-state index >= 15 is 0 Å². The van der Waals surface area contributed by atoms with Crippen LogP contribution in [-0.2, 0) is 0 Å². The van der Waals surface area contributed by atoms with Crippen LogP contribution < -0.4 is 5.73 Å². The van der Waals surface area contributed by atoms with Gasteiger partial charge >= 0.3 is 0 Å². The highest BCUT2D eigenvalue weighted by Gasteiger charge is 2.42. The van der Waals surface area contributed by atoms with Crippen LogP contribution in [0.2, 0.25) is 0 Å². The summed E-state index contributed by atoms with van der Waals surface area (Å²) < 4.78 is 0. The third-order valence-corrected chi connectivity index (χ3v) is 6.17. The van der Waals surface area contributed by atoms with E-state index in [1.165, 1.54) is 65.3 Å². The highest BCUT2D eigenvalue weighted by Crippen LogP contribution is 2.32. The molecule has 5 heteroatoms. The summed E-state index contributed by atoms with van der Waals surface area (Å²) in [6, 6.07) is 1.53. The lowest BCUT2D eigenvalue weighted by Crippen LogP contribution is -2.66. The van der Waals surface area contributed by atoms with Crippen molar-refractivity contribution >= 4 is 0 Å². The van der Waals surface area contributed by atoms with Crippen molar-refractivity contribution in [3.8, 4) is 0 Å². The topological polar surface area (TPSA) is 39.0 Å². The maximum atomic E-state index is 5.66. The summed E-state index contributed by atoms with van der Waals surface area (Å²) in [6.07, 6.45) is 1.42. The van der Waals surface area contributed by atoms with E-state index in [9.17, 15) is 0 Å². The molecule has 3 atom stereocenters. The van der Waals surface area contributed by atoms with Gasteiger partial charge in [0.25, 0.3) is 0 Å². The van der Waals surface area contributed by atoms with E-state index in [2.05, 4.69) is 33.4 Å². The number of piperidine rings is 1. The third kappa shape index (κ3) is 3.65. The summed E-state index contributed by atoms with van der Waals surface area (Å²) in [5, 5.41) is 0. The number of hydrogen-bond acceptors (Lipinski definition) is 5. The molecule has 3 heterocycles. The molecule has 0 amide bonds. The van der Waals surface area contributed by atoms with E-state index in [1.54, 1.807) is 0 Å². The van der Waals surface area contributed by atoms with Crippen molar-refractivity contribution < 1.29 is 0 Å². The van der Waals surface area contributed by atoms with Crippen LogP contribution in [0.25, 0.3) is 0 Å². The van der Waals surface area contributed by atoms with Crippen molar-refractivity contribution in [2.75, 3.05) is 72.0 Å². The second-order valence-electron chi connectivity index (χ2n) is 7.48. The number of piperazine rings is 1. The van der Waals surface area contributed by atoms with Gasteiger partial charge in [-0.05, 0) is 32.4 Å². The molecular weight excluding hydrogens is 274 g/mol. The Morgan fingerprint density at radius 2 is 1.82 bits per heavy atom. The summed E-state index contributed by atoms with van der Waals surface area (Å²) in [5.74, 6) is 0.983. The van der Waals surface area contributed by atoms with Gasteiger partial charge in [0.15, 0.2) is 0 Å². The van der Waals surface area contributed by atoms with E-state index in [0.717, 1.165) is 25.0 Å². The molecule has 128 valence electrons. The van der Waals surface area contributed by atoms with Crippen LogP contribution in [0.1, 0.15) is 20.3 Å². The lowest BCUT2D eigenvalue weighted by molar-refractivity contribution is -0.0571. The summed E-state index contributed by atoms with van der Waals surface area (Å²) in [6.45, 7) is 17.8. The van der Waals surface area contributed by atoms with Crippen LogP contribution in [0.3, 0.4) is 0 Å². The molecular formula is C17H35N5. The van der Waals surface area contributed by atoms with Gasteiger partial charge in [0, 0.05) is 71.0 Å². The molecule has 0 radical (unpaired) electrons. The highest BCUT2D eigenvalue weighted by atomic mass is 15.3. The Bertz CT molecular complexity index is 342. The minimum absolute atomic E-state index is 0.693. The van der Waals surface area contributed by atoms with E-state index < -0.39 is 0 Å². The first-order valence-corrected chi connectivity index (χ1v) is 9.34. The SMILES string of the molecule is CCN1CCC2CN(CC(C)N3CCN(CCN)CC3)C2C1. The molecule has 3 unspecified atom stereocenters. The zero-order chi connectivity index (χ0) is 15.5. The molecule has 3 rings (SSSR count). The van der Waals surface area contributed by atoms with Gasteiger partial charge < -0.3 is 10.6 Å². The van der Waals surface area contributed by atoms with Crippen LogP contribution in [0.5, 0.6) is 0 Å². The van der Waals surface area contributed by atoms with Crippen molar-refractivity contribution in [1.29, 1.82) is 0 Å². The zero-order valence-corrected chi connectivity index (χ0v) is 14.6. The van der Waals surface area contributed by atoms with Crippen molar-refractivity contribution in [3.63, 3.8) is 0 Å². The molecule has 0 aromatic heterocycles. The largest absolute Gasteiger partial charge is 0.329 e. The maximum absolute atomic E-state index is 5.66. The lowest BCUT2D eigenvalue weighted by atomic mass is 9.82. The molecule has 2 N–H and O–H groups in total. The molecule has 0 saturated carbocycles. The van der Waals surface area contributed by atoms with Crippen molar-refractivity contribution in [2.24, 2.45) is 11.7 Å². The summed E-state index contributed by atoms with van der Waals surface area (Å²) in [7, 11) is 0. The molecule has 0 aliphatic carbocycles. The lowest BCUT2D eigenvalue weighted by Gasteiger charge is -2.55. The zero-order valence-electron chi connectivity index (χ0n) is 14.6. The van der Waals surface area contributed by atoms with Gasteiger partial charge in [-0.1, -0.05) is 6.92 Å². The van der Waals surface area contributed by atoms with Gasteiger partial charge in [-0.2, -0.15) is 0 Å². The molecule has 3 aliphatic rings. The third-order valence-electron chi connectivity index (χ3n) is 6.17. The number of likely N-dealkylation sites (tertiary alicyclic amines) is 2. The Labute approximate surface area is 136 Å². The average Bonchev–Trinajstić information content (AvgIpc) is 2.53. The molecule has 3 saturated heterocycles. The number of nitrogens with zero attached hydrogens (tertiary/aromatic N) is 4. The first-order chi connectivity index (χ1) is 10.7. The fourth-order valence-corrected chi connectivity index (χ4v) is 4.53. The number of fused-ring (bicyclic) bond motifs is 1. The monoisotopic (exact) mass is 309 g/mol. The second-order valence-corrected chi connectivity index (χ2v) is 7.48. The molecule has 22 heavy (non-hydrogen) atoms. The first kappa shape index (κ1) is 16.7. The molecule has 0 bridgehead atoms. The minimum Gasteiger partial charge on any atom is -0.329 e. The Kier molecular flexibility index (Phi) is 5.74. The quantitative estimate of drug-likeness (QED) is 0.746. The Hall–Kier alpha value is -0.200. The Morgan fingerprint density at radius 3 is 2.50 bits per heavy atom. The molecule has 0 spiro atoms. The Morgan fingerprint density at radius 1 is 1.05 bits per heavy atom. The molecule has 3 fully saturated rings. The predicted molar refractivity (Wildman–Crippen MR) is 92.1 cm³/mol. The van der Waals surface area contributed by atoms with E-state index in [-0.39, 0.29) is 0 Å². The van der Waals surface area contributed by atoms with Gasteiger partial charge in [0.1, 0.15) is 0 Å². The smallest absolute Gasteiger partial charge is 0.0264 e. The summed E-state index contributed by atoms with van der Waals surface area (Å²) >= 11 is 0. The fourth-order valence-electron chi connectivity index (χ4n) is 4.53. The standard InChI is InChI=1S/C17H35N5/c1-3-19-6-4-16-13-22(17(16)14-19)12-15(2)21-10-8-20(7-5-18)9-11-21/h15-17H,3-14,18H2,1-2H3. The molecule has 5 nitrogen and oxygen atoms in total. The van der Waals surface area contributed by atoms with Crippen LogP contribution >= 0.6 is 0 Å². The minimum atomic E-state index is 0.693. The normalized spacial score (nSPS) is 33.4. The molecule has 0 aromatic rings. The average molecular weight is 310 g/mol. The van der Waals surface area contributed by atoms with Crippen LogP contribution in [0, 0.1) is 5.92 Å². The first-order valence-electron chi connectivity index (χ1n) is 9.34. The Balaban J connectivity index is 1.42. The number of likely N-dealkylation sites (N-methyl/N-ethyl adjacent to an activating group) is 1. The van der Waals surface area contributed by atoms with Gasteiger partial charge in [-0.3, -0.25) is 14.7 Å². The van der Waals surface area contributed by atoms with E-state index in [1.807, 2.05) is 0 Å². The van der Waals surface area contributed by atoms with Crippen molar-refractivity contribution in [1.82, 2.24) is 19.6 Å². The van der Waals surface area contributed by atoms with Gasteiger partial charge in [-0.15, -0.1) is 0 Å².